The molecule has 0 spiro atoms. The number of carbonyl (C=O) groups excluding carboxylic acids is 1. The largest absolute Gasteiger partial charge is 0.481 e. The zero-order valence-corrected chi connectivity index (χ0v) is 13.7. The molecule has 1 N–H and O–H groups in total. The first-order valence-electron chi connectivity index (χ1n) is 7.78. The Morgan fingerprint density at radius 2 is 1.56 bits per heavy atom. The number of carboxylic acids is 1. The number of rotatable bonds is 6. The van der Waals surface area contributed by atoms with Gasteiger partial charge in [0.25, 0.3) is 0 Å². The van der Waals surface area contributed by atoms with Gasteiger partial charge in [-0.3, -0.25) is 9.59 Å². The third kappa shape index (κ3) is 3.77. The van der Waals surface area contributed by atoms with Crippen molar-refractivity contribution in [2.45, 2.75) is 6.42 Å². The predicted molar refractivity (Wildman–Crippen MR) is 93.1 cm³/mol. The lowest BCUT2D eigenvalue weighted by atomic mass is 10.1. The minimum atomic E-state index is -0.928. The molecule has 2 aromatic carbocycles. The molecule has 1 heterocycles. The second-order valence-corrected chi connectivity index (χ2v) is 5.61. The normalized spacial score (nSPS) is 10.4. The van der Waals surface area contributed by atoms with Crippen LogP contribution in [0.1, 0.15) is 21.7 Å². The molecule has 0 aliphatic heterocycles. The fraction of sp³-hybridized carbons (Fsp3) is 0.100. The third-order valence-electron chi connectivity index (χ3n) is 3.89. The van der Waals surface area contributed by atoms with Gasteiger partial charge in [0, 0.05) is 18.3 Å². The minimum absolute atomic E-state index is 0.117. The quantitative estimate of drug-likeness (QED) is 0.698. The molecule has 0 radical (unpaired) electrons. The maximum atomic E-state index is 12.6. The maximum absolute atomic E-state index is 12.6. The molecule has 0 saturated heterocycles. The van der Waals surface area contributed by atoms with Gasteiger partial charge in [0.05, 0.1) is 12.1 Å². The molecule has 0 fully saturated rings. The van der Waals surface area contributed by atoms with Crippen molar-refractivity contribution in [2.75, 3.05) is 0 Å². The van der Waals surface area contributed by atoms with Gasteiger partial charge in [-0.2, -0.15) is 0 Å². The monoisotopic (exact) mass is 335 g/mol. The summed E-state index contributed by atoms with van der Waals surface area (Å²) in [7, 11) is 1.69. The van der Waals surface area contributed by atoms with Gasteiger partial charge in [0.1, 0.15) is 11.5 Å². The van der Waals surface area contributed by atoms with Gasteiger partial charge in [0.2, 0.25) is 5.78 Å². The minimum Gasteiger partial charge on any atom is -0.481 e. The lowest BCUT2D eigenvalue weighted by Crippen LogP contribution is -2.11. The van der Waals surface area contributed by atoms with Gasteiger partial charge in [-0.05, 0) is 48.5 Å². The molecule has 0 aliphatic rings. The second kappa shape index (κ2) is 7.05. The van der Waals surface area contributed by atoms with Crippen LogP contribution >= 0.6 is 0 Å². The Labute approximate surface area is 145 Å². The predicted octanol–water partition coefficient (Wildman–Crippen LogP) is 3.68. The van der Waals surface area contributed by atoms with E-state index in [1.54, 1.807) is 48.0 Å². The van der Waals surface area contributed by atoms with E-state index in [2.05, 4.69) is 0 Å². The van der Waals surface area contributed by atoms with Gasteiger partial charge in [-0.1, -0.05) is 18.2 Å². The first-order valence-corrected chi connectivity index (χ1v) is 7.78. The lowest BCUT2D eigenvalue weighted by Gasteiger charge is -2.08. The van der Waals surface area contributed by atoms with E-state index in [0.29, 0.717) is 22.7 Å². The van der Waals surface area contributed by atoms with Gasteiger partial charge in [-0.25, -0.2) is 0 Å². The van der Waals surface area contributed by atoms with E-state index in [-0.39, 0.29) is 12.2 Å². The molecule has 25 heavy (non-hydrogen) atoms. The number of carboxylic acid groups (broad SMARTS) is 1. The summed E-state index contributed by atoms with van der Waals surface area (Å²) in [6, 6.07) is 19.6. The number of ether oxygens (including phenoxy) is 1. The van der Waals surface area contributed by atoms with Crippen molar-refractivity contribution < 1.29 is 19.4 Å². The van der Waals surface area contributed by atoms with Crippen LogP contribution < -0.4 is 4.74 Å². The average molecular weight is 335 g/mol. The highest BCUT2D eigenvalue weighted by Crippen LogP contribution is 2.22. The fourth-order valence-corrected chi connectivity index (χ4v) is 2.56. The Balaban J connectivity index is 1.77. The Morgan fingerprint density at radius 1 is 0.920 bits per heavy atom. The molecule has 126 valence electrons. The molecule has 0 amide bonds. The van der Waals surface area contributed by atoms with E-state index in [1.807, 2.05) is 30.3 Å². The number of benzene rings is 2. The summed E-state index contributed by atoms with van der Waals surface area (Å²) in [5, 5.41) is 8.90. The molecule has 1 aromatic heterocycles. The van der Waals surface area contributed by atoms with Crippen molar-refractivity contribution in [2.24, 2.45) is 7.05 Å². The summed E-state index contributed by atoms with van der Waals surface area (Å²) in [5.74, 6) is 0.275. The van der Waals surface area contributed by atoms with Crippen molar-refractivity contribution >= 4 is 11.8 Å². The van der Waals surface area contributed by atoms with E-state index in [4.69, 9.17) is 9.84 Å². The SMILES string of the molecule is Cn1c(CC(=O)O)ccc1C(=O)c1ccc(Oc2ccccc2)cc1. The van der Waals surface area contributed by atoms with Crippen LogP contribution in [0.15, 0.2) is 66.7 Å². The maximum Gasteiger partial charge on any atom is 0.309 e. The summed E-state index contributed by atoms with van der Waals surface area (Å²) in [4.78, 5) is 23.5. The number of carbonyl (C=O) groups is 2. The molecular weight excluding hydrogens is 318 g/mol. The number of aromatic nitrogens is 1. The number of nitrogens with zero attached hydrogens (tertiary/aromatic N) is 1. The Kier molecular flexibility index (Phi) is 4.66. The number of aliphatic carboxylic acids is 1. The molecule has 0 aliphatic carbocycles. The van der Waals surface area contributed by atoms with Crippen LogP contribution in [0.3, 0.4) is 0 Å². The molecule has 5 heteroatoms. The molecule has 3 rings (SSSR count). The first kappa shape index (κ1) is 16.5. The zero-order chi connectivity index (χ0) is 17.8. The van der Waals surface area contributed by atoms with Gasteiger partial charge >= 0.3 is 5.97 Å². The summed E-state index contributed by atoms with van der Waals surface area (Å²) < 4.78 is 7.32. The van der Waals surface area contributed by atoms with Crippen LogP contribution in [0.25, 0.3) is 0 Å². The van der Waals surface area contributed by atoms with E-state index >= 15 is 0 Å². The molecule has 0 unspecified atom stereocenters. The van der Waals surface area contributed by atoms with Crippen LogP contribution in [0.2, 0.25) is 0 Å². The van der Waals surface area contributed by atoms with Gasteiger partial charge < -0.3 is 14.4 Å². The summed E-state index contributed by atoms with van der Waals surface area (Å²) >= 11 is 0. The Bertz CT molecular complexity index is 895. The number of hydrogen-bond donors (Lipinski definition) is 1. The van der Waals surface area contributed by atoms with Crippen LogP contribution in [0.5, 0.6) is 11.5 Å². The van der Waals surface area contributed by atoms with Gasteiger partial charge in [0.15, 0.2) is 0 Å². The van der Waals surface area contributed by atoms with Gasteiger partial charge in [-0.15, -0.1) is 0 Å². The Hall–Kier alpha value is -3.34. The van der Waals surface area contributed by atoms with Crippen LogP contribution in [-0.2, 0) is 18.3 Å². The van der Waals surface area contributed by atoms with Crippen molar-refractivity contribution in [3.63, 3.8) is 0 Å². The third-order valence-corrected chi connectivity index (χ3v) is 3.89. The van der Waals surface area contributed by atoms with Crippen LogP contribution in [0, 0.1) is 0 Å². The lowest BCUT2D eigenvalue weighted by molar-refractivity contribution is -0.136. The molecule has 0 bridgehead atoms. The molecule has 3 aromatic rings. The van der Waals surface area contributed by atoms with E-state index in [1.165, 1.54) is 0 Å². The zero-order valence-electron chi connectivity index (χ0n) is 13.7. The van der Waals surface area contributed by atoms with Crippen molar-refractivity contribution in [1.82, 2.24) is 4.57 Å². The average Bonchev–Trinajstić information content (AvgIpc) is 2.96. The summed E-state index contributed by atoms with van der Waals surface area (Å²) in [5.41, 5.74) is 1.55. The summed E-state index contributed by atoms with van der Waals surface area (Å²) in [6.45, 7) is 0. The molecule has 5 nitrogen and oxygen atoms in total. The smallest absolute Gasteiger partial charge is 0.309 e. The highest BCUT2D eigenvalue weighted by Gasteiger charge is 2.16. The second-order valence-electron chi connectivity index (χ2n) is 5.61. The number of para-hydroxylation sites is 1. The van der Waals surface area contributed by atoms with Crippen molar-refractivity contribution in [3.8, 4) is 11.5 Å². The van der Waals surface area contributed by atoms with Crippen LogP contribution in [-0.4, -0.2) is 21.4 Å². The Morgan fingerprint density at radius 3 is 2.20 bits per heavy atom. The standard InChI is InChI=1S/C20H17NO4/c1-21-15(13-19(22)23)9-12-18(21)20(24)14-7-10-17(11-8-14)25-16-5-3-2-4-6-16/h2-12H,13H2,1H3,(H,22,23). The number of ketones is 1. The van der Waals surface area contributed by atoms with Crippen molar-refractivity contribution in [3.05, 3.63) is 83.7 Å². The highest BCUT2D eigenvalue weighted by atomic mass is 16.5. The molecular formula is C20H17NO4. The van der Waals surface area contributed by atoms with Crippen LogP contribution in [0.4, 0.5) is 0 Å². The molecule has 0 atom stereocenters. The topological polar surface area (TPSA) is 68.5 Å². The van der Waals surface area contributed by atoms with E-state index in [0.717, 1.165) is 5.75 Å². The molecule has 0 saturated carbocycles. The van der Waals surface area contributed by atoms with Crippen molar-refractivity contribution in [1.29, 1.82) is 0 Å². The van der Waals surface area contributed by atoms with E-state index in [9.17, 15) is 9.59 Å². The fourth-order valence-electron chi connectivity index (χ4n) is 2.56. The summed E-state index contributed by atoms with van der Waals surface area (Å²) in [6.07, 6.45) is -0.117. The first-order chi connectivity index (χ1) is 12.0. The number of hydrogen-bond acceptors (Lipinski definition) is 3. The highest BCUT2D eigenvalue weighted by molar-refractivity contribution is 6.08. The van der Waals surface area contributed by atoms with E-state index < -0.39 is 5.97 Å².